The Morgan fingerprint density at radius 2 is 1.67 bits per heavy atom. The zero-order chi connectivity index (χ0) is 13.4. The molecule has 0 aliphatic heterocycles. The molecule has 0 bridgehead atoms. The summed E-state index contributed by atoms with van der Waals surface area (Å²) in [7, 11) is 0. The van der Waals surface area contributed by atoms with Gasteiger partial charge in [0, 0.05) is 17.2 Å². The minimum Gasteiger partial charge on any atom is -0.463 e. The summed E-state index contributed by atoms with van der Waals surface area (Å²) in [5.41, 5.74) is 0.817. The Morgan fingerprint density at radius 3 is 2.22 bits per heavy atom. The second-order valence-corrected chi connectivity index (χ2v) is 3.76. The van der Waals surface area contributed by atoms with Crippen molar-refractivity contribution in [3.63, 3.8) is 0 Å². The largest absolute Gasteiger partial charge is 0.463 e. The summed E-state index contributed by atoms with van der Waals surface area (Å²) in [4.78, 5) is 22.2. The molecule has 0 N–H and O–H groups in total. The third-order valence-corrected chi connectivity index (χ3v) is 2.19. The molecular weight excluding hydrogens is 256 g/mol. The van der Waals surface area contributed by atoms with Crippen LogP contribution in [0.2, 0.25) is 5.02 Å². The van der Waals surface area contributed by atoms with Crippen molar-refractivity contribution in [3.8, 4) is 0 Å². The van der Waals surface area contributed by atoms with Crippen molar-refractivity contribution < 1.29 is 19.1 Å². The van der Waals surface area contributed by atoms with Crippen LogP contribution in [0, 0.1) is 0 Å². The summed E-state index contributed by atoms with van der Waals surface area (Å²) in [5, 5.41) is 0.618. The topological polar surface area (TPSA) is 52.6 Å². The quantitative estimate of drug-likeness (QED) is 0.608. The first-order chi connectivity index (χ1) is 8.61. The van der Waals surface area contributed by atoms with Gasteiger partial charge in [0.15, 0.2) is 0 Å². The van der Waals surface area contributed by atoms with Crippen molar-refractivity contribution in [2.75, 3.05) is 6.61 Å². The molecule has 0 saturated heterocycles. The summed E-state index contributed by atoms with van der Waals surface area (Å²) < 4.78 is 9.54. The molecule has 0 spiro atoms. The molecule has 96 valence electrons. The molecule has 0 radical (unpaired) electrons. The van der Waals surface area contributed by atoms with Gasteiger partial charge in [-0.15, -0.1) is 0 Å². The Hall–Kier alpha value is -1.81. The monoisotopic (exact) mass is 268 g/mol. The summed E-state index contributed by atoms with van der Waals surface area (Å²) in [6.45, 7) is 2.08. The van der Waals surface area contributed by atoms with Crippen molar-refractivity contribution in [3.05, 3.63) is 47.0 Å². The molecule has 1 aromatic carbocycles. The molecule has 4 nitrogen and oxygen atoms in total. The van der Waals surface area contributed by atoms with Crippen molar-refractivity contribution in [1.29, 1.82) is 0 Å². The molecule has 0 aliphatic carbocycles. The number of hydrogen-bond donors (Lipinski definition) is 0. The number of carbonyl (C=O) groups is 2. The van der Waals surface area contributed by atoms with E-state index in [4.69, 9.17) is 16.3 Å². The van der Waals surface area contributed by atoms with E-state index in [-0.39, 0.29) is 13.2 Å². The lowest BCUT2D eigenvalue weighted by Gasteiger charge is -2.02. The highest BCUT2D eigenvalue weighted by atomic mass is 35.5. The number of halogens is 1. The van der Waals surface area contributed by atoms with Gasteiger partial charge in [0.25, 0.3) is 0 Å². The van der Waals surface area contributed by atoms with E-state index in [0.29, 0.717) is 5.02 Å². The molecule has 0 fully saturated rings. The van der Waals surface area contributed by atoms with E-state index in [9.17, 15) is 9.59 Å². The van der Waals surface area contributed by atoms with Crippen molar-refractivity contribution in [1.82, 2.24) is 0 Å². The van der Waals surface area contributed by atoms with Crippen LogP contribution in [-0.2, 0) is 25.7 Å². The molecule has 1 rings (SSSR count). The first kappa shape index (κ1) is 14.3. The zero-order valence-corrected chi connectivity index (χ0v) is 10.6. The van der Waals surface area contributed by atoms with Crippen LogP contribution in [0.15, 0.2) is 36.4 Å². The number of esters is 2. The third kappa shape index (κ3) is 5.50. The van der Waals surface area contributed by atoms with Crippen LogP contribution >= 0.6 is 11.6 Å². The van der Waals surface area contributed by atoms with Gasteiger partial charge < -0.3 is 9.47 Å². The Labute approximate surface area is 110 Å². The van der Waals surface area contributed by atoms with Crippen LogP contribution in [0.4, 0.5) is 0 Å². The number of hydrogen-bond acceptors (Lipinski definition) is 4. The van der Waals surface area contributed by atoms with Crippen molar-refractivity contribution in [2.45, 2.75) is 13.5 Å². The maximum absolute atomic E-state index is 11.2. The number of rotatable bonds is 5. The van der Waals surface area contributed by atoms with E-state index in [0.717, 1.165) is 17.7 Å². The average molecular weight is 269 g/mol. The fourth-order valence-electron chi connectivity index (χ4n) is 1.11. The van der Waals surface area contributed by atoms with E-state index in [2.05, 4.69) is 4.74 Å². The van der Waals surface area contributed by atoms with Gasteiger partial charge in [0.05, 0.1) is 6.61 Å². The Morgan fingerprint density at radius 1 is 1.11 bits per heavy atom. The Bertz CT molecular complexity index is 437. The predicted molar refractivity (Wildman–Crippen MR) is 67.0 cm³/mol. The number of ether oxygens (including phenoxy) is 2. The average Bonchev–Trinajstić information content (AvgIpc) is 2.36. The van der Waals surface area contributed by atoms with Crippen molar-refractivity contribution in [2.24, 2.45) is 0 Å². The number of benzene rings is 1. The normalized spacial score (nSPS) is 10.3. The van der Waals surface area contributed by atoms with E-state index >= 15 is 0 Å². The standard InChI is InChI=1S/C13H13ClO4/c1-2-17-12(15)7-8-13(16)18-9-10-3-5-11(14)6-4-10/h3-8H,2,9H2,1H3/b8-7+. The third-order valence-electron chi connectivity index (χ3n) is 1.94. The van der Waals surface area contributed by atoms with Gasteiger partial charge in [-0.3, -0.25) is 0 Å². The van der Waals surface area contributed by atoms with Crippen molar-refractivity contribution >= 4 is 23.5 Å². The lowest BCUT2D eigenvalue weighted by molar-refractivity contribution is -0.141. The second-order valence-electron chi connectivity index (χ2n) is 3.32. The van der Waals surface area contributed by atoms with E-state index in [1.54, 1.807) is 31.2 Å². The Kier molecular flexibility index (Phi) is 5.94. The Balaban J connectivity index is 2.37. The molecule has 0 unspecified atom stereocenters. The summed E-state index contributed by atoms with van der Waals surface area (Å²) in [5.74, 6) is -1.17. The van der Waals surface area contributed by atoms with Crippen LogP contribution in [-0.4, -0.2) is 18.5 Å². The van der Waals surface area contributed by atoms with Gasteiger partial charge in [-0.1, -0.05) is 23.7 Å². The summed E-state index contributed by atoms with van der Waals surface area (Å²) >= 11 is 5.72. The highest BCUT2D eigenvalue weighted by Gasteiger charge is 2.01. The van der Waals surface area contributed by atoms with Gasteiger partial charge in [-0.05, 0) is 24.6 Å². The van der Waals surface area contributed by atoms with Gasteiger partial charge in [-0.2, -0.15) is 0 Å². The first-order valence-electron chi connectivity index (χ1n) is 5.38. The van der Waals surface area contributed by atoms with Gasteiger partial charge in [-0.25, -0.2) is 9.59 Å². The van der Waals surface area contributed by atoms with E-state index < -0.39 is 11.9 Å². The predicted octanol–water partition coefficient (Wildman–Crippen LogP) is 2.50. The van der Waals surface area contributed by atoms with Crippen LogP contribution in [0.5, 0.6) is 0 Å². The smallest absolute Gasteiger partial charge is 0.331 e. The molecule has 0 aliphatic rings. The summed E-state index contributed by atoms with van der Waals surface area (Å²) in [6, 6.07) is 6.92. The lowest BCUT2D eigenvalue weighted by atomic mass is 10.2. The zero-order valence-electron chi connectivity index (χ0n) is 9.89. The maximum Gasteiger partial charge on any atom is 0.331 e. The van der Waals surface area contributed by atoms with Crippen LogP contribution in [0.3, 0.4) is 0 Å². The van der Waals surface area contributed by atoms with E-state index in [1.807, 2.05) is 0 Å². The minimum absolute atomic E-state index is 0.128. The first-order valence-corrected chi connectivity index (χ1v) is 5.75. The van der Waals surface area contributed by atoms with Crippen LogP contribution < -0.4 is 0 Å². The highest BCUT2D eigenvalue weighted by Crippen LogP contribution is 2.10. The maximum atomic E-state index is 11.2. The van der Waals surface area contributed by atoms with Gasteiger partial charge in [0.2, 0.25) is 0 Å². The lowest BCUT2D eigenvalue weighted by Crippen LogP contribution is -2.04. The molecular formula is C13H13ClO4. The molecule has 0 aromatic heterocycles. The van der Waals surface area contributed by atoms with E-state index in [1.165, 1.54) is 0 Å². The summed E-state index contributed by atoms with van der Waals surface area (Å²) in [6.07, 6.45) is 2.07. The molecule has 1 aromatic rings. The molecule has 0 amide bonds. The molecule has 0 atom stereocenters. The minimum atomic E-state index is -0.599. The van der Waals surface area contributed by atoms with Crippen LogP contribution in [0.1, 0.15) is 12.5 Å². The SMILES string of the molecule is CCOC(=O)/C=C/C(=O)OCc1ccc(Cl)cc1. The van der Waals surface area contributed by atoms with Gasteiger partial charge >= 0.3 is 11.9 Å². The molecule has 18 heavy (non-hydrogen) atoms. The second kappa shape index (κ2) is 7.50. The van der Waals surface area contributed by atoms with Crippen LogP contribution in [0.25, 0.3) is 0 Å². The fraction of sp³-hybridized carbons (Fsp3) is 0.231. The molecule has 5 heteroatoms. The molecule has 0 heterocycles. The van der Waals surface area contributed by atoms with Gasteiger partial charge in [0.1, 0.15) is 6.61 Å². The highest BCUT2D eigenvalue weighted by molar-refractivity contribution is 6.30. The number of carbonyl (C=O) groups excluding carboxylic acids is 2. The molecule has 0 saturated carbocycles. The fourth-order valence-corrected chi connectivity index (χ4v) is 1.24.